The van der Waals surface area contributed by atoms with E-state index in [1.54, 1.807) is 32.9 Å². The molecule has 10 nitrogen and oxygen atoms in total. The summed E-state index contributed by atoms with van der Waals surface area (Å²) in [7, 11) is 0. The molecule has 10 heteroatoms. The maximum atomic E-state index is 12.7. The topological polar surface area (TPSA) is 133 Å². The third-order valence-electron chi connectivity index (χ3n) is 4.66. The Labute approximate surface area is 178 Å². The maximum absolute atomic E-state index is 12.7. The predicted molar refractivity (Wildman–Crippen MR) is 107 cm³/mol. The highest BCUT2D eigenvalue weighted by atomic mass is 16.5. The molecule has 1 atom stereocenters. The Morgan fingerprint density at radius 3 is 2.55 bits per heavy atom. The second-order valence-electron chi connectivity index (χ2n) is 7.33. The highest BCUT2D eigenvalue weighted by Gasteiger charge is 2.36. The van der Waals surface area contributed by atoms with Crippen molar-refractivity contribution in [3.8, 4) is 0 Å². The molecule has 0 saturated heterocycles. The average Bonchev–Trinajstić information content (AvgIpc) is 3.31. The van der Waals surface area contributed by atoms with Gasteiger partial charge in [-0.3, -0.25) is 0 Å². The van der Waals surface area contributed by atoms with E-state index in [-0.39, 0.29) is 36.0 Å². The normalized spacial score (nSPS) is 16.2. The molecule has 1 unspecified atom stereocenters. The van der Waals surface area contributed by atoms with Gasteiger partial charge in [-0.1, -0.05) is 19.0 Å². The summed E-state index contributed by atoms with van der Waals surface area (Å²) in [4.78, 5) is 37.7. The first-order valence-electron chi connectivity index (χ1n) is 9.90. The number of esters is 2. The van der Waals surface area contributed by atoms with E-state index in [1.165, 1.54) is 0 Å². The van der Waals surface area contributed by atoms with E-state index in [4.69, 9.17) is 18.4 Å². The third-order valence-corrected chi connectivity index (χ3v) is 4.66. The standard InChI is InChI=1S/C21H25N3O7/c1-6-28-20(26)16-13(22-21(27)23-17(16)14-8-7-11(4)30-14)9-29-19(25)15-12(5)24-31-18(15)10(2)3/h7-8,10,17H,6,9H2,1-5H3,(H2,22,23,27). The molecule has 0 aliphatic carbocycles. The van der Waals surface area contributed by atoms with Crippen molar-refractivity contribution in [3.05, 3.63) is 51.9 Å². The van der Waals surface area contributed by atoms with E-state index >= 15 is 0 Å². The van der Waals surface area contributed by atoms with Crippen molar-refractivity contribution in [1.29, 1.82) is 0 Å². The summed E-state index contributed by atoms with van der Waals surface area (Å²) in [6, 6.07) is 1.92. The van der Waals surface area contributed by atoms with Crippen molar-refractivity contribution in [2.45, 2.75) is 46.6 Å². The number of hydrogen-bond donors (Lipinski definition) is 2. The first kappa shape index (κ1) is 22.1. The lowest BCUT2D eigenvalue weighted by molar-refractivity contribution is -0.139. The van der Waals surface area contributed by atoms with Gasteiger partial charge in [0.2, 0.25) is 0 Å². The molecule has 3 rings (SSSR count). The van der Waals surface area contributed by atoms with Gasteiger partial charge >= 0.3 is 18.0 Å². The molecule has 3 heterocycles. The van der Waals surface area contributed by atoms with Gasteiger partial charge in [0.05, 0.1) is 23.6 Å². The monoisotopic (exact) mass is 431 g/mol. The molecule has 0 spiro atoms. The molecule has 2 aromatic heterocycles. The summed E-state index contributed by atoms with van der Waals surface area (Å²) in [5, 5.41) is 9.01. The van der Waals surface area contributed by atoms with Crippen LogP contribution in [0.25, 0.3) is 0 Å². The fraction of sp³-hybridized carbons (Fsp3) is 0.429. The number of furan rings is 1. The van der Waals surface area contributed by atoms with Gasteiger partial charge in [-0.15, -0.1) is 0 Å². The van der Waals surface area contributed by atoms with E-state index in [0.717, 1.165) is 0 Å². The number of hydrogen-bond acceptors (Lipinski definition) is 8. The first-order valence-corrected chi connectivity index (χ1v) is 9.90. The van der Waals surface area contributed by atoms with Crippen LogP contribution in [-0.2, 0) is 14.3 Å². The van der Waals surface area contributed by atoms with Crippen molar-refractivity contribution >= 4 is 18.0 Å². The molecule has 0 aromatic carbocycles. The van der Waals surface area contributed by atoms with Gasteiger partial charge in [-0.2, -0.15) is 0 Å². The molecule has 31 heavy (non-hydrogen) atoms. The van der Waals surface area contributed by atoms with E-state index in [0.29, 0.717) is 23.0 Å². The zero-order chi connectivity index (χ0) is 22.7. The number of amides is 2. The Bertz CT molecular complexity index is 1030. The highest BCUT2D eigenvalue weighted by Crippen LogP contribution is 2.30. The molecule has 2 aromatic rings. The van der Waals surface area contributed by atoms with Crippen molar-refractivity contribution < 1.29 is 32.8 Å². The largest absolute Gasteiger partial charge is 0.464 e. The van der Waals surface area contributed by atoms with Crippen LogP contribution < -0.4 is 10.6 Å². The number of urea groups is 1. The maximum Gasteiger partial charge on any atom is 0.344 e. The average molecular weight is 431 g/mol. The number of ether oxygens (including phenoxy) is 2. The Balaban J connectivity index is 1.93. The second-order valence-corrected chi connectivity index (χ2v) is 7.33. The van der Waals surface area contributed by atoms with Crippen molar-refractivity contribution in [3.63, 3.8) is 0 Å². The number of rotatable bonds is 7. The molecule has 0 saturated carbocycles. The van der Waals surface area contributed by atoms with Crippen LogP contribution in [0.5, 0.6) is 0 Å². The van der Waals surface area contributed by atoms with Crippen molar-refractivity contribution in [1.82, 2.24) is 15.8 Å². The minimum Gasteiger partial charge on any atom is -0.464 e. The number of carbonyl (C=O) groups is 3. The smallest absolute Gasteiger partial charge is 0.344 e. The molecule has 0 radical (unpaired) electrons. The van der Waals surface area contributed by atoms with Crippen LogP contribution in [0.4, 0.5) is 4.79 Å². The lowest BCUT2D eigenvalue weighted by Gasteiger charge is -2.27. The van der Waals surface area contributed by atoms with Crippen LogP contribution in [0.2, 0.25) is 0 Å². The number of aromatic nitrogens is 1. The first-order chi connectivity index (χ1) is 14.7. The lowest BCUT2D eigenvalue weighted by atomic mass is 10.0. The summed E-state index contributed by atoms with van der Waals surface area (Å²) >= 11 is 0. The molecule has 2 N–H and O–H groups in total. The number of aryl methyl sites for hydroxylation is 2. The fourth-order valence-electron chi connectivity index (χ4n) is 3.24. The Morgan fingerprint density at radius 1 is 1.19 bits per heavy atom. The third kappa shape index (κ3) is 4.62. The van der Waals surface area contributed by atoms with Gasteiger partial charge in [0, 0.05) is 5.92 Å². The van der Waals surface area contributed by atoms with E-state index in [1.807, 2.05) is 13.8 Å². The van der Waals surface area contributed by atoms with Crippen LogP contribution in [-0.4, -0.2) is 36.3 Å². The quantitative estimate of drug-likeness (QED) is 0.639. The van der Waals surface area contributed by atoms with E-state index in [2.05, 4.69) is 15.8 Å². The van der Waals surface area contributed by atoms with Crippen molar-refractivity contribution in [2.24, 2.45) is 0 Å². The van der Waals surface area contributed by atoms with E-state index in [9.17, 15) is 14.4 Å². The highest BCUT2D eigenvalue weighted by molar-refractivity contribution is 5.95. The van der Waals surface area contributed by atoms with Crippen molar-refractivity contribution in [2.75, 3.05) is 13.2 Å². The molecule has 166 valence electrons. The minimum absolute atomic E-state index is 0.0804. The van der Waals surface area contributed by atoms with Crippen LogP contribution in [0, 0.1) is 13.8 Å². The summed E-state index contributed by atoms with van der Waals surface area (Å²) in [5.74, 6) is -0.0385. The zero-order valence-corrected chi connectivity index (χ0v) is 18.0. The molecular formula is C21H25N3O7. The SMILES string of the molecule is CCOC(=O)C1=C(COC(=O)c2c(C)noc2C(C)C)NC(=O)NC1c1ccc(C)o1. The van der Waals surface area contributed by atoms with Crippen LogP contribution in [0.3, 0.4) is 0 Å². The van der Waals surface area contributed by atoms with Gasteiger partial charge < -0.3 is 29.0 Å². The lowest BCUT2D eigenvalue weighted by Crippen LogP contribution is -2.47. The predicted octanol–water partition coefficient (Wildman–Crippen LogP) is 3.04. The second kappa shape index (κ2) is 9.07. The van der Waals surface area contributed by atoms with Gasteiger partial charge in [-0.05, 0) is 32.9 Å². The number of nitrogens with one attached hydrogen (secondary N) is 2. The summed E-state index contributed by atoms with van der Waals surface area (Å²) in [6.45, 7) is 8.54. The molecule has 1 aliphatic rings. The fourth-order valence-corrected chi connectivity index (χ4v) is 3.24. The Kier molecular flexibility index (Phi) is 6.47. The minimum atomic E-state index is -0.890. The zero-order valence-electron chi connectivity index (χ0n) is 18.0. The van der Waals surface area contributed by atoms with E-state index < -0.39 is 24.0 Å². The number of nitrogens with zero attached hydrogens (tertiary/aromatic N) is 1. The van der Waals surface area contributed by atoms with Gasteiger partial charge in [-0.25, -0.2) is 14.4 Å². The summed E-state index contributed by atoms with van der Waals surface area (Å²) < 4.78 is 21.4. The number of carbonyl (C=O) groups excluding carboxylic acids is 3. The molecule has 1 aliphatic heterocycles. The summed E-state index contributed by atoms with van der Waals surface area (Å²) in [6.07, 6.45) is 0. The van der Waals surface area contributed by atoms with Gasteiger partial charge in [0.1, 0.15) is 29.7 Å². The molecule has 2 amide bonds. The molecule has 0 fully saturated rings. The Hall–Kier alpha value is -3.56. The van der Waals surface area contributed by atoms with Gasteiger partial charge in [0.25, 0.3) is 0 Å². The summed E-state index contributed by atoms with van der Waals surface area (Å²) in [5.41, 5.74) is 0.822. The van der Waals surface area contributed by atoms with Gasteiger partial charge in [0.15, 0.2) is 5.76 Å². The molecular weight excluding hydrogens is 406 g/mol. The molecule has 0 bridgehead atoms. The van der Waals surface area contributed by atoms with Crippen LogP contribution >= 0.6 is 0 Å². The van der Waals surface area contributed by atoms with Crippen LogP contribution in [0.1, 0.15) is 66.1 Å². The van der Waals surface area contributed by atoms with Crippen LogP contribution in [0.15, 0.2) is 32.3 Å². The Morgan fingerprint density at radius 2 is 1.94 bits per heavy atom.